The van der Waals surface area contributed by atoms with E-state index in [9.17, 15) is 0 Å². The first-order valence-electron chi connectivity index (χ1n) is 7.82. The van der Waals surface area contributed by atoms with E-state index < -0.39 is 0 Å². The summed E-state index contributed by atoms with van der Waals surface area (Å²) in [5, 5.41) is 6.73. The first kappa shape index (κ1) is 16.2. The molecule has 3 aromatic rings. The maximum atomic E-state index is 5.57. The molecule has 0 saturated heterocycles. The van der Waals surface area contributed by atoms with Crippen LogP contribution in [-0.2, 0) is 6.42 Å². The average molecular weight is 341 g/mol. The fourth-order valence-electron chi connectivity index (χ4n) is 2.36. The molecule has 24 heavy (non-hydrogen) atoms. The van der Waals surface area contributed by atoms with Crippen molar-refractivity contribution >= 4 is 34.3 Å². The van der Waals surface area contributed by atoms with Gasteiger partial charge in [0.15, 0.2) is 5.11 Å². The van der Waals surface area contributed by atoms with Crippen LogP contribution in [0.1, 0.15) is 12.6 Å². The third-order valence-electron chi connectivity index (χ3n) is 3.42. The highest BCUT2D eigenvalue weighted by atomic mass is 32.1. The zero-order valence-corrected chi connectivity index (χ0v) is 14.2. The van der Waals surface area contributed by atoms with Gasteiger partial charge in [-0.1, -0.05) is 12.1 Å². The molecule has 0 radical (unpaired) electrons. The van der Waals surface area contributed by atoms with Crippen LogP contribution in [0.15, 0.2) is 42.6 Å². The van der Waals surface area contributed by atoms with Crippen LogP contribution >= 0.6 is 12.2 Å². The number of aromatic nitrogens is 3. The lowest BCUT2D eigenvalue weighted by molar-refractivity contribution is 0.334. The van der Waals surface area contributed by atoms with Gasteiger partial charge in [0, 0.05) is 19.2 Å². The van der Waals surface area contributed by atoms with Gasteiger partial charge < -0.3 is 20.4 Å². The number of imidazole rings is 1. The summed E-state index contributed by atoms with van der Waals surface area (Å²) in [5.74, 6) is 1.44. The number of rotatable bonds is 6. The zero-order chi connectivity index (χ0) is 16.8. The second-order valence-electron chi connectivity index (χ2n) is 5.11. The number of benzene rings is 1. The van der Waals surface area contributed by atoms with Crippen molar-refractivity contribution in [3.63, 3.8) is 0 Å². The molecule has 0 aliphatic carbocycles. The number of para-hydroxylation sites is 2. The molecule has 0 bridgehead atoms. The van der Waals surface area contributed by atoms with E-state index in [1.54, 1.807) is 6.20 Å². The number of anilines is 1. The molecule has 2 heterocycles. The molecule has 3 rings (SSSR count). The fraction of sp³-hybridized carbons (Fsp3) is 0.235. The van der Waals surface area contributed by atoms with Crippen LogP contribution in [0.25, 0.3) is 11.0 Å². The maximum Gasteiger partial charge on any atom is 0.207 e. The molecule has 0 amide bonds. The molecule has 0 fully saturated rings. The highest BCUT2D eigenvalue weighted by molar-refractivity contribution is 7.80. The summed E-state index contributed by atoms with van der Waals surface area (Å²) in [4.78, 5) is 12.0. The van der Waals surface area contributed by atoms with Crippen LogP contribution in [0, 0.1) is 0 Å². The van der Waals surface area contributed by atoms with E-state index in [1.165, 1.54) is 0 Å². The smallest absolute Gasteiger partial charge is 0.207 e. The van der Waals surface area contributed by atoms with Gasteiger partial charge >= 0.3 is 0 Å². The van der Waals surface area contributed by atoms with Crippen LogP contribution in [0.4, 0.5) is 5.95 Å². The van der Waals surface area contributed by atoms with Crippen molar-refractivity contribution in [1.82, 2.24) is 20.3 Å². The van der Waals surface area contributed by atoms with Crippen LogP contribution in [0.2, 0.25) is 0 Å². The molecular weight excluding hydrogens is 322 g/mol. The molecule has 0 atom stereocenters. The third-order valence-corrected chi connectivity index (χ3v) is 3.66. The number of hydrogen-bond acceptors (Lipinski definition) is 4. The van der Waals surface area contributed by atoms with Crippen LogP contribution < -0.4 is 15.4 Å². The van der Waals surface area contributed by atoms with E-state index >= 15 is 0 Å². The van der Waals surface area contributed by atoms with Gasteiger partial charge in [-0.2, -0.15) is 0 Å². The Kier molecular flexibility index (Phi) is 5.22. The summed E-state index contributed by atoms with van der Waals surface area (Å²) in [6.07, 6.45) is 2.49. The molecule has 2 aromatic heterocycles. The van der Waals surface area contributed by atoms with E-state index in [0.717, 1.165) is 28.9 Å². The molecule has 1 aromatic carbocycles. The van der Waals surface area contributed by atoms with E-state index in [0.29, 0.717) is 24.2 Å². The standard InChI is InChI=1S/C17H19N5OS/c1-2-23-15-8-5-10-18-14(15)9-11-19-17(24)22-16-20-12-6-3-4-7-13(12)21-16/h3-8,10H,2,9,11H2,1H3,(H3,19,20,21,22,24). The van der Waals surface area contributed by atoms with E-state index in [4.69, 9.17) is 17.0 Å². The highest BCUT2D eigenvalue weighted by Crippen LogP contribution is 2.15. The van der Waals surface area contributed by atoms with Crippen LogP contribution in [0.3, 0.4) is 0 Å². The summed E-state index contributed by atoms with van der Waals surface area (Å²) in [6, 6.07) is 11.6. The third kappa shape index (κ3) is 3.99. The summed E-state index contributed by atoms with van der Waals surface area (Å²) in [7, 11) is 0. The summed E-state index contributed by atoms with van der Waals surface area (Å²) in [5.41, 5.74) is 2.79. The first-order valence-corrected chi connectivity index (χ1v) is 8.23. The van der Waals surface area contributed by atoms with Crippen molar-refractivity contribution in [3.05, 3.63) is 48.3 Å². The lowest BCUT2D eigenvalue weighted by atomic mass is 10.2. The predicted octanol–water partition coefficient (Wildman–Crippen LogP) is 2.89. The van der Waals surface area contributed by atoms with Gasteiger partial charge in [0.2, 0.25) is 5.95 Å². The summed E-state index contributed by atoms with van der Waals surface area (Å²) >= 11 is 5.31. The number of aromatic amines is 1. The van der Waals surface area contributed by atoms with Crippen LogP contribution in [0.5, 0.6) is 5.75 Å². The van der Waals surface area contributed by atoms with Crippen LogP contribution in [-0.4, -0.2) is 33.2 Å². The molecule has 0 saturated carbocycles. The summed E-state index contributed by atoms with van der Waals surface area (Å²) in [6.45, 7) is 3.24. The Morgan fingerprint density at radius 1 is 1.25 bits per heavy atom. The number of nitrogens with zero attached hydrogens (tertiary/aromatic N) is 2. The molecule has 124 valence electrons. The average Bonchev–Trinajstić information content (AvgIpc) is 2.98. The number of fused-ring (bicyclic) bond motifs is 1. The Morgan fingerprint density at radius 2 is 2.12 bits per heavy atom. The largest absolute Gasteiger partial charge is 0.492 e. The van der Waals surface area contributed by atoms with Crippen molar-refractivity contribution in [3.8, 4) is 5.75 Å². The molecule has 0 aliphatic rings. The lowest BCUT2D eigenvalue weighted by Gasteiger charge is -2.11. The lowest BCUT2D eigenvalue weighted by Crippen LogP contribution is -2.30. The van der Waals surface area contributed by atoms with Gasteiger partial charge in [-0.05, 0) is 43.4 Å². The fourth-order valence-corrected chi connectivity index (χ4v) is 2.55. The van der Waals surface area contributed by atoms with E-state index in [-0.39, 0.29) is 0 Å². The molecule has 0 unspecified atom stereocenters. The molecule has 3 N–H and O–H groups in total. The number of H-pyrrole nitrogens is 1. The second-order valence-corrected chi connectivity index (χ2v) is 5.52. The molecule has 0 aliphatic heterocycles. The quantitative estimate of drug-likeness (QED) is 0.599. The highest BCUT2D eigenvalue weighted by Gasteiger charge is 2.06. The Morgan fingerprint density at radius 3 is 2.96 bits per heavy atom. The molecule has 6 nitrogen and oxygen atoms in total. The van der Waals surface area contributed by atoms with E-state index in [1.807, 2.05) is 43.3 Å². The second kappa shape index (κ2) is 7.74. The molecular formula is C17H19N5OS. The minimum Gasteiger partial charge on any atom is -0.492 e. The van der Waals surface area contributed by atoms with Gasteiger partial charge in [0.25, 0.3) is 0 Å². The molecule has 7 heteroatoms. The number of ether oxygens (including phenoxy) is 1. The van der Waals surface area contributed by atoms with Crippen molar-refractivity contribution in [1.29, 1.82) is 0 Å². The summed E-state index contributed by atoms with van der Waals surface area (Å²) < 4.78 is 5.57. The maximum absolute atomic E-state index is 5.57. The Hall–Kier alpha value is -2.67. The normalized spacial score (nSPS) is 10.5. The van der Waals surface area contributed by atoms with Crippen molar-refractivity contribution in [2.24, 2.45) is 0 Å². The van der Waals surface area contributed by atoms with Gasteiger partial charge in [-0.3, -0.25) is 4.98 Å². The number of pyridine rings is 1. The van der Waals surface area contributed by atoms with Crippen molar-refractivity contribution < 1.29 is 4.74 Å². The predicted molar refractivity (Wildman–Crippen MR) is 99.4 cm³/mol. The SMILES string of the molecule is CCOc1cccnc1CCNC(=S)Nc1nc2ccccc2[nH]1. The Labute approximate surface area is 145 Å². The first-order chi connectivity index (χ1) is 11.8. The number of hydrogen-bond donors (Lipinski definition) is 3. The number of nitrogens with one attached hydrogen (secondary N) is 3. The van der Waals surface area contributed by atoms with E-state index in [2.05, 4.69) is 25.6 Å². The topological polar surface area (TPSA) is 74.9 Å². The Balaban J connectivity index is 1.52. The van der Waals surface area contributed by atoms with Crippen molar-refractivity contribution in [2.75, 3.05) is 18.5 Å². The van der Waals surface area contributed by atoms with Gasteiger partial charge in [-0.25, -0.2) is 4.98 Å². The zero-order valence-electron chi connectivity index (χ0n) is 13.4. The minimum atomic E-state index is 0.517. The van der Waals surface area contributed by atoms with Gasteiger partial charge in [0.05, 0.1) is 23.3 Å². The monoisotopic (exact) mass is 341 g/mol. The minimum absolute atomic E-state index is 0.517. The molecule has 0 spiro atoms. The number of thiocarbonyl (C=S) groups is 1. The Bertz CT molecular complexity index is 799. The van der Waals surface area contributed by atoms with Gasteiger partial charge in [0.1, 0.15) is 5.75 Å². The van der Waals surface area contributed by atoms with Gasteiger partial charge in [-0.15, -0.1) is 0 Å². The van der Waals surface area contributed by atoms with Crippen molar-refractivity contribution in [2.45, 2.75) is 13.3 Å².